The summed E-state index contributed by atoms with van der Waals surface area (Å²) in [4.78, 5) is 38.7. The molecule has 2 fully saturated rings. The van der Waals surface area contributed by atoms with Crippen LogP contribution in [0.2, 0.25) is 0 Å². The van der Waals surface area contributed by atoms with Crippen molar-refractivity contribution in [1.29, 1.82) is 0 Å². The van der Waals surface area contributed by atoms with E-state index in [1.165, 1.54) is 0 Å². The van der Waals surface area contributed by atoms with Crippen LogP contribution in [-0.2, 0) is 23.7 Å². The van der Waals surface area contributed by atoms with Gasteiger partial charge in [-0.05, 0) is 19.4 Å². The fraction of sp³-hybridized carbons (Fsp3) is 0.458. The highest BCUT2D eigenvalue weighted by atomic mass is 16.5. The van der Waals surface area contributed by atoms with Gasteiger partial charge in [0.25, 0.3) is 5.91 Å². The molecule has 3 aromatic rings. The Hall–Kier alpha value is -3.69. The van der Waals surface area contributed by atoms with Gasteiger partial charge in [-0.3, -0.25) is 29.1 Å². The zero-order valence-electron chi connectivity index (χ0n) is 19.6. The summed E-state index contributed by atoms with van der Waals surface area (Å²) < 4.78 is 9.84. The van der Waals surface area contributed by atoms with Crippen molar-refractivity contribution in [3.8, 4) is 5.75 Å². The van der Waals surface area contributed by atoms with E-state index in [9.17, 15) is 14.4 Å². The molecule has 178 valence electrons. The number of imide groups is 1. The molecule has 3 amide bonds. The highest BCUT2D eigenvalue weighted by Gasteiger charge is 2.32. The Morgan fingerprint density at radius 3 is 2.56 bits per heavy atom. The van der Waals surface area contributed by atoms with Crippen molar-refractivity contribution in [3.63, 3.8) is 0 Å². The van der Waals surface area contributed by atoms with Gasteiger partial charge in [0.05, 0.1) is 23.4 Å². The fourth-order valence-electron chi connectivity index (χ4n) is 4.87. The van der Waals surface area contributed by atoms with Crippen LogP contribution in [-0.4, -0.2) is 61.4 Å². The molecule has 0 bridgehead atoms. The van der Waals surface area contributed by atoms with E-state index >= 15 is 0 Å². The van der Waals surface area contributed by atoms with Gasteiger partial charge in [-0.15, -0.1) is 0 Å². The van der Waals surface area contributed by atoms with Gasteiger partial charge in [-0.1, -0.05) is 12.1 Å². The van der Waals surface area contributed by atoms with Crippen molar-refractivity contribution in [2.75, 3.05) is 13.1 Å². The van der Waals surface area contributed by atoms with E-state index in [0.717, 1.165) is 29.4 Å². The molecule has 1 atom stereocenters. The van der Waals surface area contributed by atoms with Crippen LogP contribution in [0, 0.1) is 6.92 Å². The zero-order chi connectivity index (χ0) is 24.0. The van der Waals surface area contributed by atoms with Crippen LogP contribution in [0.3, 0.4) is 0 Å². The van der Waals surface area contributed by atoms with Gasteiger partial charge in [-0.2, -0.15) is 10.2 Å². The number of ether oxygens (including phenoxy) is 1. The normalized spacial score (nSPS) is 19.5. The lowest BCUT2D eigenvalue weighted by Gasteiger charge is -2.32. The van der Waals surface area contributed by atoms with E-state index in [2.05, 4.69) is 15.5 Å². The maximum atomic E-state index is 12.9. The third kappa shape index (κ3) is 3.82. The molecule has 0 saturated carbocycles. The molecular formula is C24H28N6O4. The second-order valence-corrected chi connectivity index (χ2v) is 9.04. The van der Waals surface area contributed by atoms with Crippen LogP contribution in [0.25, 0.3) is 10.9 Å². The minimum atomic E-state index is -0.457. The maximum absolute atomic E-state index is 12.9. The van der Waals surface area contributed by atoms with Gasteiger partial charge >= 0.3 is 0 Å². The Morgan fingerprint density at radius 2 is 1.88 bits per heavy atom. The van der Waals surface area contributed by atoms with Gasteiger partial charge in [-0.25, -0.2) is 0 Å². The first-order valence-corrected chi connectivity index (χ1v) is 11.6. The number of para-hydroxylation sites is 1. The number of fused-ring (bicyclic) bond motifs is 1. The molecule has 34 heavy (non-hydrogen) atoms. The lowest BCUT2D eigenvalue weighted by atomic mass is 9.93. The minimum Gasteiger partial charge on any atom is -0.488 e. The van der Waals surface area contributed by atoms with Crippen LogP contribution < -0.4 is 10.1 Å². The molecule has 2 saturated heterocycles. The van der Waals surface area contributed by atoms with Crippen LogP contribution in [0.15, 0.2) is 24.4 Å². The molecule has 10 heteroatoms. The van der Waals surface area contributed by atoms with Gasteiger partial charge in [0.2, 0.25) is 11.8 Å². The van der Waals surface area contributed by atoms with Crippen LogP contribution in [0.1, 0.15) is 53.3 Å². The largest absolute Gasteiger partial charge is 0.488 e. The highest BCUT2D eigenvalue weighted by molar-refractivity contribution is 6.03. The average molecular weight is 465 g/mol. The number of nitrogens with one attached hydrogen (secondary N) is 1. The number of hydrogen-bond acceptors (Lipinski definition) is 6. The second kappa shape index (κ2) is 8.58. The average Bonchev–Trinajstić information content (AvgIpc) is 3.33. The van der Waals surface area contributed by atoms with Crippen LogP contribution in [0.5, 0.6) is 5.75 Å². The standard InChI is InChI=1S/C24H28N6O4/c1-14-18(13-25-28(14)2)24(33)30-11-9-15(10-12-30)34-19-6-4-5-16-21(27-29(3)22(16)19)17-7-8-20(31)26-23(17)32/h4-6,13,15,17H,7-12H2,1-3H3,(H,26,31,32). The quantitative estimate of drug-likeness (QED) is 0.590. The predicted octanol–water partition coefficient (Wildman–Crippen LogP) is 1.82. The lowest BCUT2D eigenvalue weighted by Crippen LogP contribution is -2.42. The molecule has 1 N–H and O–H groups in total. The van der Waals surface area contributed by atoms with Crippen LogP contribution in [0.4, 0.5) is 0 Å². The second-order valence-electron chi connectivity index (χ2n) is 9.04. The number of likely N-dealkylation sites (tertiary alicyclic amines) is 1. The van der Waals surface area contributed by atoms with E-state index in [4.69, 9.17) is 4.74 Å². The predicted molar refractivity (Wildman–Crippen MR) is 123 cm³/mol. The first-order valence-electron chi connectivity index (χ1n) is 11.6. The van der Waals surface area contributed by atoms with Gasteiger partial charge in [0.1, 0.15) is 17.4 Å². The summed E-state index contributed by atoms with van der Waals surface area (Å²) in [5.41, 5.74) is 2.99. The molecule has 2 aliphatic rings. The molecule has 2 aromatic heterocycles. The molecule has 10 nitrogen and oxygen atoms in total. The van der Waals surface area contributed by atoms with Crippen molar-refractivity contribution in [2.45, 2.75) is 44.6 Å². The van der Waals surface area contributed by atoms with Crippen LogP contribution >= 0.6 is 0 Å². The molecule has 0 spiro atoms. The van der Waals surface area contributed by atoms with E-state index in [-0.39, 0.29) is 23.8 Å². The van der Waals surface area contributed by atoms with Gasteiger partial charge < -0.3 is 9.64 Å². The number of carbonyl (C=O) groups excluding carboxylic acids is 3. The Morgan fingerprint density at radius 1 is 1.12 bits per heavy atom. The summed E-state index contributed by atoms with van der Waals surface area (Å²) in [7, 11) is 3.67. The van der Waals surface area contributed by atoms with E-state index < -0.39 is 5.92 Å². The van der Waals surface area contributed by atoms with Gasteiger partial charge in [0, 0.05) is 57.5 Å². The van der Waals surface area contributed by atoms with E-state index in [1.54, 1.807) is 15.6 Å². The molecular weight excluding hydrogens is 436 g/mol. The molecule has 4 heterocycles. The lowest BCUT2D eigenvalue weighted by molar-refractivity contribution is -0.134. The SMILES string of the molecule is Cc1c(C(=O)N2CCC(Oc3cccc4c(C5CCC(=O)NC5=O)nn(C)c34)CC2)cnn1C. The molecule has 5 rings (SSSR count). The monoisotopic (exact) mass is 464 g/mol. The minimum absolute atomic E-state index is 0.00617. The number of piperidine rings is 2. The zero-order valence-corrected chi connectivity index (χ0v) is 19.6. The number of benzene rings is 1. The molecule has 0 aliphatic carbocycles. The number of hydrogen-bond donors (Lipinski definition) is 1. The van der Waals surface area contributed by atoms with Crippen molar-refractivity contribution in [1.82, 2.24) is 29.8 Å². The number of amides is 3. The Labute approximate surface area is 196 Å². The number of rotatable bonds is 4. The molecule has 1 aromatic carbocycles. The van der Waals surface area contributed by atoms with Crippen molar-refractivity contribution < 1.29 is 19.1 Å². The first-order chi connectivity index (χ1) is 16.3. The van der Waals surface area contributed by atoms with Crippen molar-refractivity contribution in [3.05, 3.63) is 41.3 Å². The number of carbonyl (C=O) groups is 3. The molecule has 1 unspecified atom stereocenters. The number of aromatic nitrogens is 4. The fourth-order valence-corrected chi connectivity index (χ4v) is 4.87. The summed E-state index contributed by atoms with van der Waals surface area (Å²) >= 11 is 0. The Balaban J connectivity index is 1.31. The summed E-state index contributed by atoms with van der Waals surface area (Å²) in [6.07, 6.45) is 3.80. The Bertz CT molecular complexity index is 1280. The van der Waals surface area contributed by atoms with E-state index in [1.807, 2.05) is 44.1 Å². The maximum Gasteiger partial charge on any atom is 0.257 e. The van der Waals surface area contributed by atoms with Crippen molar-refractivity contribution >= 4 is 28.6 Å². The van der Waals surface area contributed by atoms with E-state index in [0.29, 0.717) is 42.9 Å². The molecule has 2 aliphatic heterocycles. The Kier molecular flexibility index (Phi) is 5.59. The summed E-state index contributed by atoms with van der Waals surface area (Å²) in [6.45, 7) is 3.12. The van der Waals surface area contributed by atoms with Crippen molar-refractivity contribution in [2.24, 2.45) is 14.1 Å². The molecule has 0 radical (unpaired) electrons. The third-order valence-electron chi connectivity index (χ3n) is 6.91. The third-order valence-corrected chi connectivity index (χ3v) is 6.91. The number of aryl methyl sites for hydroxylation is 2. The first kappa shape index (κ1) is 22.1. The highest BCUT2D eigenvalue weighted by Crippen LogP contribution is 2.35. The number of nitrogens with zero attached hydrogens (tertiary/aromatic N) is 5. The smallest absolute Gasteiger partial charge is 0.257 e. The summed E-state index contributed by atoms with van der Waals surface area (Å²) in [5, 5.41) is 12.1. The topological polar surface area (TPSA) is 111 Å². The summed E-state index contributed by atoms with van der Waals surface area (Å²) in [5.74, 6) is -0.287. The van der Waals surface area contributed by atoms with Gasteiger partial charge in [0.15, 0.2) is 0 Å². The summed E-state index contributed by atoms with van der Waals surface area (Å²) in [6, 6.07) is 5.75.